The summed E-state index contributed by atoms with van der Waals surface area (Å²) in [7, 11) is 0. The van der Waals surface area contributed by atoms with Crippen molar-refractivity contribution in [2.24, 2.45) is 5.92 Å². The minimum Gasteiger partial charge on any atom is -0.340 e. The molecule has 1 aromatic heterocycles. The summed E-state index contributed by atoms with van der Waals surface area (Å²) in [6, 6.07) is 0. The highest BCUT2D eigenvalue weighted by molar-refractivity contribution is 4.84. The second-order valence-electron chi connectivity index (χ2n) is 4.75. The van der Waals surface area contributed by atoms with Crippen LogP contribution in [-0.2, 0) is 6.54 Å². The number of aromatic nitrogens is 2. The molecule has 0 amide bonds. The normalized spacial score (nSPS) is 17.8. The molecular formula is C12H22N4O. The second-order valence-corrected chi connectivity index (χ2v) is 4.75. The Bertz CT molecular complexity index is 333. The minimum atomic E-state index is 0.651. The Morgan fingerprint density at radius 1 is 1.41 bits per heavy atom. The van der Waals surface area contributed by atoms with Gasteiger partial charge in [0.2, 0.25) is 5.89 Å². The molecule has 2 rings (SSSR count). The Balaban J connectivity index is 1.83. The van der Waals surface area contributed by atoms with Crippen LogP contribution < -0.4 is 5.32 Å². The summed E-state index contributed by atoms with van der Waals surface area (Å²) in [6.45, 7) is 9.32. The summed E-state index contributed by atoms with van der Waals surface area (Å²) >= 11 is 0. The number of hydrogen-bond donors (Lipinski definition) is 1. The largest absolute Gasteiger partial charge is 0.340 e. The SMILES string of the molecule is CCN(Cc1noc(C)n1)CC1CCNCC1. The van der Waals surface area contributed by atoms with E-state index in [9.17, 15) is 0 Å². The summed E-state index contributed by atoms with van der Waals surface area (Å²) in [4.78, 5) is 6.66. The van der Waals surface area contributed by atoms with Crippen molar-refractivity contribution in [1.82, 2.24) is 20.4 Å². The van der Waals surface area contributed by atoms with Gasteiger partial charge in [-0.1, -0.05) is 12.1 Å². The Kier molecular flexibility index (Phi) is 4.50. The van der Waals surface area contributed by atoms with E-state index in [1.807, 2.05) is 6.92 Å². The lowest BCUT2D eigenvalue weighted by atomic mass is 9.97. The van der Waals surface area contributed by atoms with Crippen molar-refractivity contribution in [1.29, 1.82) is 0 Å². The molecule has 0 radical (unpaired) electrons. The molecule has 1 saturated heterocycles. The molecule has 96 valence electrons. The lowest BCUT2D eigenvalue weighted by Crippen LogP contribution is -2.36. The van der Waals surface area contributed by atoms with E-state index in [4.69, 9.17) is 4.52 Å². The molecule has 1 fully saturated rings. The van der Waals surface area contributed by atoms with Crippen LogP contribution in [-0.4, -0.2) is 41.2 Å². The molecular weight excluding hydrogens is 216 g/mol. The second kappa shape index (κ2) is 6.12. The molecule has 0 aromatic carbocycles. The number of hydrogen-bond acceptors (Lipinski definition) is 5. The van der Waals surface area contributed by atoms with Crippen LogP contribution in [0, 0.1) is 12.8 Å². The zero-order valence-electron chi connectivity index (χ0n) is 10.8. The molecule has 0 atom stereocenters. The van der Waals surface area contributed by atoms with Crippen LogP contribution in [0.2, 0.25) is 0 Å². The zero-order chi connectivity index (χ0) is 12.1. The fourth-order valence-corrected chi connectivity index (χ4v) is 2.34. The van der Waals surface area contributed by atoms with E-state index in [0.29, 0.717) is 5.89 Å². The van der Waals surface area contributed by atoms with E-state index in [1.165, 1.54) is 12.8 Å². The van der Waals surface area contributed by atoms with E-state index in [-0.39, 0.29) is 0 Å². The summed E-state index contributed by atoms with van der Waals surface area (Å²) in [5.74, 6) is 2.26. The molecule has 1 aliphatic rings. The average Bonchev–Trinajstić information content (AvgIpc) is 2.75. The van der Waals surface area contributed by atoms with Crippen LogP contribution in [0.4, 0.5) is 0 Å². The van der Waals surface area contributed by atoms with Crippen LogP contribution >= 0.6 is 0 Å². The van der Waals surface area contributed by atoms with Crippen LogP contribution in [0.1, 0.15) is 31.5 Å². The summed E-state index contributed by atoms with van der Waals surface area (Å²) in [5.41, 5.74) is 0. The fourth-order valence-electron chi connectivity index (χ4n) is 2.34. The maximum atomic E-state index is 5.00. The maximum Gasteiger partial charge on any atom is 0.223 e. The first kappa shape index (κ1) is 12.5. The van der Waals surface area contributed by atoms with Gasteiger partial charge in [-0.15, -0.1) is 0 Å². The monoisotopic (exact) mass is 238 g/mol. The van der Waals surface area contributed by atoms with Gasteiger partial charge in [-0.2, -0.15) is 4.98 Å². The van der Waals surface area contributed by atoms with Gasteiger partial charge in [0, 0.05) is 13.5 Å². The van der Waals surface area contributed by atoms with Crippen molar-refractivity contribution in [3.63, 3.8) is 0 Å². The van der Waals surface area contributed by atoms with E-state index in [0.717, 1.165) is 44.5 Å². The third kappa shape index (κ3) is 3.78. The minimum absolute atomic E-state index is 0.651. The van der Waals surface area contributed by atoms with Gasteiger partial charge < -0.3 is 9.84 Å². The lowest BCUT2D eigenvalue weighted by Gasteiger charge is -2.28. The van der Waals surface area contributed by atoms with Crippen molar-refractivity contribution in [2.45, 2.75) is 33.2 Å². The zero-order valence-corrected chi connectivity index (χ0v) is 10.8. The van der Waals surface area contributed by atoms with Crippen molar-refractivity contribution in [2.75, 3.05) is 26.2 Å². The molecule has 1 N–H and O–H groups in total. The van der Waals surface area contributed by atoms with Crippen LogP contribution in [0.15, 0.2) is 4.52 Å². The van der Waals surface area contributed by atoms with Crippen molar-refractivity contribution >= 4 is 0 Å². The van der Waals surface area contributed by atoms with E-state index in [1.54, 1.807) is 0 Å². The van der Waals surface area contributed by atoms with Gasteiger partial charge in [-0.25, -0.2) is 0 Å². The van der Waals surface area contributed by atoms with Crippen molar-refractivity contribution in [3.8, 4) is 0 Å². The lowest BCUT2D eigenvalue weighted by molar-refractivity contribution is 0.201. The molecule has 5 heteroatoms. The van der Waals surface area contributed by atoms with Crippen molar-refractivity contribution < 1.29 is 4.52 Å². The van der Waals surface area contributed by atoms with Crippen LogP contribution in [0.3, 0.4) is 0 Å². The molecule has 1 aromatic rings. The highest BCUT2D eigenvalue weighted by Gasteiger charge is 2.17. The standard InChI is InChI=1S/C12H22N4O/c1-3-16(8-11-4-6-13-7-5-11)9-12-14-10(2)17-15-12/h11,13H,3-9H2,1-2H3. The fraction of sp³-hybridized carbons (Fsp3) is 0.833. The topological polar surface area (TPSA) is 54.2 Å². The third-order valence-electron chi connectivity index (χ3n) is 3.36. The molecule has 0 spiro atoms. The van der Waals surface area contributed by atoms with Gasteiger partial charge in [-0.05, 0) is 38.4 Å². The predicted octanol–water partition coefficient (Wildman–Crippen LogP) is 1.20. The first-order valence-corrected chi connectivity index (χ1v) is 6.50. The molecule has 0 bridgehead atoms. The molecule has 0 saturated carbocycles. The molecule has 0 unspecified atom stereocenters. The number of nitrogens with one attached hydrogen (secondary N) is 1. The van der Waals surface area contributed by atoms with Gasteiger partial charge in [0.15, 0.2) is 5.82 Å². The Morgan fingerprint density at radius 3 is 2.76 bits per heavy atom. The highest BCUT2D eigenvalue weighted by atomic mass is 16.5. The highest BCUT2D eigenvalue weighted by Crippen LogP contribution is 2.14. The van der Waals surface area contributed by atoms with Crippen LogP contribution in [0.5, 0.6) is 0 Å². The Hall–Kier alpha value is -0.940. The summed E-state index contributed by atoms with van der Waals surface area (Å²) in [5, 5.41) is 7.36. The quantitative estimate of drug-likeness (QED) is 0.835. The first-order chi connectivity index (χ1) is 8.28. The average molecular weight is 238 g/mol. The van der Waals surface area contributed by atoms with Gasteiger partial charge >= 0.3 is 0 Å². The molecule has 5 nitrogen and oxygen atoms in total. The van der Waals surface area contributed by atoms with E-state index < -0.39 is 0 Å². The maximum absolute atomic E-state index is 5.00. The summed E-state index contributed by atoms with van der Waals surface area (Å²) < 4.78 is 5.00. The van der Waals surface area contributed by atoms with Gasteiger partial charge in [0.05, 0.1) is 6.54 Å². The van der Waals surface area contributed by atoms with Crippen LogP contribution in [0.25, 0.3) is 0 Å². The van der Waals surface area contributed by atoms with Gasteiger partial charge in [0.25, 0.3) is 0 Å². The summed E-state index contributed by atoms with van der Waals surface area (Å²) in [6.07, 6.45) is 2.56. The number of nitrogens with zero attached hydrogens (tertiary/aromatic N) is 3. The Morgan fingerprint density at radius 2 is 2.18 bits per heavy atom. The first-order valence-electron chi connectivity index (χ1n) is 6.50. The van der Waals surface area contributed by atoms with E-state index in [2.05, 4.69) is 27.3 Å². The molecule has 1 aliphatic heterocycles. The van der Waals surface area contributed by atoms with E-state index >= 15 is 0 Å². The number of aryl methyl sites for hydroxylation is 1. The molecule has 0 aliphatic carbocycles. The third-order valence-corrected chi connectivity index (χ3v) is 3.36. The van der Waals surface area contributed by atoms with Gasteiger partial charge in [0.1, 0.15) is 0 Å². The van der Waals surface area contributed by atoms with Crippen molar-refractivity contribution in [3.05, 3.63) is 11.7 Å². The van der Waals surface area contributed by atoms with Gasteiger partial charge in [-0.3, -0.25) is 4.90 Å². The number of piperidine rings is 1. The molecule has 17 heavy (non-hydrogen) atoms. The Labute approximate surface area is 103 Å². The number of rotatable bonds is 5. The predicted molar refractivity (Wildman–Crippen MR) is 65.6 cm³/mol. The smallest absolute Gasteiger partial charge is 0.223 e. The molecule has 2 heterocycles.